The lowest BCUT2D eigenvalue weighted by atomic mass is 10.1. The summed E-state index contributed by atoms with van der Waals surface area (Å²) in [6.45, 7) is 3.23. The number of hydrogen-bond acceptors (Lipinski definition) is 3. The Morgan fingerprint density at radius 3 is 2.38 bits per heavy atom. The molecule has 0 aliphatic carbocycles. The van der Waals surface area contributed by atoms with Crippen LogP contribution in [0.3, 0.4) is 0 Å². The first-order valence-electron chi connectivity index (χ1n) is 4.16. The lowest BCUT2D eigenvalue weighted by molar-refractivity contribution is 0.164. The summed E-state index contributed by atoms with van der Waals surface area (Å²) < 4.78 is 22.0. The molecule has 0 aromatic heterocycles. The highest BCUT2D eigenvalue weighted by molar-refractivity contribution is 7.91. The molecule has 2 unspecified atom stereocenters. The van der Waals surface area contributed by atoms with Crippen molar-refractivity contribution in [3.8, 4) is 11.8 Å². The van der Waals surface area contributed by atoms with E-state index in [0.29, 0.717) is 12.8 Å². The Bertz CT molecular complexity index is 295. The molecule has 4 heteroatoms. The maximum absolute atomic E-state index is 11.0. The van der Waals surface area contributed by atoms with Gasteiger partial charge in [-0.15, -0.1) is 11.8 Å². The number of aliphatic hydroxyl groups excluding tert-OH is 1. The van der Waals surface area contributed by atoms with Crippen LogP contribution in [-0.4, -0.2) is 31.1 Å². The predicted octanol–water partition coefficient (Wildman–Crippen LogP) is 0.584. The highest BCUT2D eigenvalue weighted by atomic mass is 32.2. The topological polar surface area (TPSA) is 54.4 Å². The van der Waals surface area contributed by atoms with E-state index in [1.165, 1.54) is 6.92 Å². The van der Waals surface area contributed by atoms with Crippen LogP contribution in [0.5, 0.6) is 0 Å². The molecule has 1 N–H and O–H groups in total. The van der Waals surface area contributed by atoms with Gasteiger partial charge in [0.15, 0.2) is 9.84 Å². The van der Waals surface area contributed by atoms with E-state index in [-0.39, 0.29) is 0 Å². The molecule has 0 fully saturated rings. The third-order valence-electron chi connectivity index (χ3n) is 1.96. The standard InChI is InChI=1S/C9H16O3S/c1-4-5-6-7-9(10)8(2)13(3,11)12/h8-10H,6-7H2,1-3H3. The Balaban J connectivity index is 4.10. The third kappa shape index (κ3) is 4.91. The summed E-state index contributed by atoms with van der Waals surface area (Å²) in [5.74, 6) is 5.47. The smallest absolute Gasteiger partial charge is 0.152 e. The van der Waals surface area contributed by atoms with Gasteiger partial charge in [-0.3, -0.25) is 0 Å². The summed E-state index contributed by atoms with van der Waals surface area (Å²) in [7, 11) is -3.14. The molecule has 3 nitrogen and oxygen atoms in total. The minimum Gasteiger partial charge on any atom is -0.392 e. The Labute approximate surface area is 80.1 Å². The summed E-state index contributed by atoms with van der Waals surface area (Å²) in [5, 5.41) is 8.73. The fourth-order valence-corrected chi connectivity index (χ4v) is 1.57. The first-order valence-corrected chi connectivity index (χ1v) is 6.11. The van der Waals surface area contributed by atoms with E-state index >= 15 is 0 Å². The molecular weight excluding hydrogens is 188 g/mol. The molecule has 13 heavy (non-hydrogen) atoms. The van der Waals surface area contributed by atoms with Crippen molar-refractivity contribution in [2.45, 2.75) is 38.0 Å². The molecule has 0 bridgehead atoms. The number of rotatable bonds is 4. The van der Waals surface area contributed by atoms with Gasteiger partial charge < -0.3 is 5.11 Å². The van der Waals surface area contributed by atoms with Crippen molar-refractivity contribution in [3.63, 3.8) is 0 Å². The van der Waals surface area contributed by atoms with Crippen LogP contribution >= 0.6 is 0 Å². The summed E-state index contributed by atoms with van der Waals surface area (Å²) in [5.41, 5.74) is 0. The van der Waals surface area contributed by atoms with Crippen molar-refractivity contribution < 1.29 is 13.5 Å². The van der Waals surface area contributed by atoms with Crippen molar-refractivity contribution >= 4 is 9.84 Å². The van der Waals surface area contributed by atoms with Crippen LogP contribution in [0.25, 0.3) is 0 Å². The molecule has 0 rings (SSSR count). The van der Waals surface area contributed by atoms with Crippen molar-refractivity contribution in [1.82, 2.24) is 0 Å². The average Bonchev–Trinajstić information content (AvgIpc) is 2.01. The Morgan fingerprint density at radius 1 is 1.46 bits per heavy atom. The first-order chi connectivity index (χ1) is 5.89. The van der Waals surface area contributed by atoms with Crippen molar-refractivity contribution in [1.29, 1.82) is 0 Å². The van der Waals surface area contributed by atoms with Gasteiger partial charge in [-0.25, -0.2) is 8.42 Å². The van der Waals surface area contributed by atoms with Crippen LogP contribution in [0.15, 0.2) is 0 Å². The van der Waals surface area contributed by atoms with E-state index in [2.05, 4.69) is 11.8 Å². The van der Waals surface area contributed by atoms with E-state index in [9.17, 15) is 13.5 Å². The lowest BCUT2D eigenvalue weighted by Gasteiger charge is -2.15. The minimum atomic E-state index is -3.14. The van der Waals surface area contributed by atoms with Crippen LogP contribution in [0.1, 0.15) is 26.7 Å². The van der Waals surface area contributed by atoms with Crippen molar-refractivity contribution in [2.24, 2.45) is 0 Å². The molecule has 76 valence electrons. The lowest BCUT2D eigenvalue weighted by Crippen LogP contribution is -2.30. The maximum Gasteiger partial charge on any atom is 0.152 e. The molecule has 0 saturated heterocycles. The molecule has 0 heterocycles. The second kappa shape index (κ2) is 5.25. The fraction of sp³-hybridized carbons (Fsp3) is 0.778. The van der Waals surface area contributed by atoms with Gasteiger partial charge in [0.2, 0.25) is 0 Å². The van der Waals surface area contributed by atoms with Gasteiger partial charge in [0.1, 0.15) is 0 Å². The van der Waals surface area contributed by atoms with Gasteiger partial charge in [0.05, 0.1) is 11.4 Å². The molecule has 0 aromatic carbocycles. The average molecular weight is 204 g/mol. The fourth-order valence-electron chi connectivity index (χ4n) is 0.865. The van der Waals surface area contributed by atoms with Crippen LogP contribution in [-0.2, 0) is 9.84 Å². The quantitative estimate of drug-likeness (QED) is 0.682. The van der Waals surface area contributed by atoms with Gasteiger partial charge in [0.25, 0.3) is 0 Å². The monoisotopic (exact) mass is 204 g/mol. The van der Waals surface area contributed by atoms with Gasteiger partial charge in [0, 0.05) is 12.7 Å². The Morgan fingerprint density at radius 2 is 2.00 bits per heavy atom. The molecule has 0 aliphatic heterocycles. The molecule has 0 radical (unpaired) electrons. The van der Waals surface area contributed by atoms with Gasteiger partial charge >= 0.3 is 0 Å². The second-order valence-electron chi connectivity index (χ2n) is 3.07. The highest BCUT2D eigenvalue weighted by Crippen LogP contribution is 2.09. The maximum atomic E-state index is 11.0. The Kier molecular flexibility index (Phi) is 5.04. The van der Waals surface area contributed by atoms with Crippen LogP contribution in [0, 0.1) is 11.8 Å². The summed E-state index contributed by atoms with van der Waals surface area (Å²) in [4.78, 5) is 0. The predicted molar refractivity (Wildman–Crippen MR) is 53.0 cm³/mol. The minimum absolute atomic E-state index is 0.412. The molecule has 0 aromatic rings. The normalized spacial score (nSPS) is 15.7. The van der Waals surface area contributed by atoms with Crippen molar-refractivity contribution in [3.05, 3.63) is 0 Å². The zero-order valence-corrected chi connectivity index (χ0v) is 9.06. The largest absolute Gasteiger partial charge is 0.392 e. The van der Waals surface area contributed by atoms with Gasteiger partial charge in [-0.05, 0) is 20.3 Å². The van der Waals surface area contributed by atoms with Crippen LogP contribution in [0.4, 0.5) is 0 Å². The van der Waals surface area contributed by atoms with E-state index in [0.717, 1.165) is 6.26 Å². The summed E-state index contributed by atoms with van der Waals surface area (Å²) >= 11 is 0. The van der Waals surface area contributed by atoms with Crippen LogP contribution < -0.4 is 0 Å². The van der Waals surface area contributed by atoms with Gasteiger partial charge in [-0.2, -0.15) is 0 Å². The first kappa shape index (κ1) is 12.5. The molecule has 0 amide bonds. The molecule has 0 spiro atoms. The Hall–Kier alpha value is -0.530. The number of sulfone groups is 1. The summed E-state index contributed by atoms with van der Waals surface area (Å²) in [6.07, 6.45) is 1.27. The zero-order valence-electron chi connectivity index (χ0n) is 8.24. The van der Waals surface area contributed by atoms with E-state index in [4.69, 9.17) is 0 Å². The van der Waals surface area contributed by atoms with E-state index in [1.54, 1.807) is 6.92 Å². The summed E-state index contributed by atoms with van der Waals surface area (Å²) in [6, 6.07) is 0. The molecule has 2 atom stereocenters. The van der Waals surface area contributed by atoms with E-state index in [1.807, 2.05) is 0 Å². The van der Waals surface area contributed by atoms with Crippen molar-refractivity contribution in [2.75, 3.05) is 6.26 Å². The third-order valence-corrected chi connectivity index (χ3v) is 3.62. The molecular formula is C9H16O3S. The SMILES string of the molecule is CC#CCCC(O)C(C)S(C)(=O)=O. The zero-order chi connectivity index (χ0) is 10.5. The highest BCUT2D eigenvalue weighted by Gasteiger charge is 2.22. The van der Waals surface area contributed by atoms with E-state index < -0.39 is 21.2 Å². The van der Waals surface area contributed by atoms with Gasteiger partial charge in [-0.1, -0.05) is 0 Å². The molecule has 0 saturated carbocycles. The number of hydrogen-bond donors (Lipinski definition) is 1. The molecule has 0 aliphatic rings. The second-order valence-corrected chi connectivity index (χ2v) is 5.47. The number of aliphatic hydroxyl groups is 1. The van der Waals surface area contributed by atoms with Crippen LogP contribution in [0.2, 0.25) is 0 Å².